The van der Waals surface area contributed by atoms with E-state index in [1.54, 1.807) is 23.8 Å². The van der Waals surface area contributed by atoms with E-state index < -0.39 is 0 Å². The van der Waals surface area contributed by atoms with Crippen molar-refractivity contribution in [1.82, 2.24) is 14.6 Å². The van der Waals surface area contributed by atoms with Crippen LogP contribution in [0.2, 0.25) is 5.02 Å². The molecule has 0 fully saturated rings. The molecule has 0 unspecified atom stereocenters. The number of nitrogens with zero attached hydrogens (tertiary/aromatic N) is 4. The van der Waals surface area contributed by atoms with Crippen LogP contribution in [0.1, 0.15) is 10.7 Å². The monoisotopic (exact) mass is 304 g/mol. The Labute approximate surface area is 124 Å². The molecular weight excluding hydrogens is 296 g/mol. The molecule has 0 N–H and O–H groups in total. The molecule has 0 atom stereocenters. The Morgan fingerprint density at radius 2 is 2.15 bits per heavy atom. The summed E-state index contributed by atoms with van der Waals surface area (Å²) in [6.07, 6.45) is 0. The summed E-state index contributed by atoms with van der Waals surface area (Å²) in [7, 11) is 1.61. The fourth-order valence-corrected chi connectivity index (χ4v) is 2.87. The summed E-state index contributed by atoms with van der Waals surface area (Å²) in [5.41, 5.74) is 1.88. The first kappa shape index (κ1) is 13.1. The van der Waals surface area contributed by atoms with Crippen LogP contribution in [-0.2, 0) is 11.3 Å². The number of nitriles is 1. The Morgan fingerprint density at radius 3 is 2.80 bits per heavy atom. The molecule has 20 heavy (non-hydrogen) atoms. The lowest BCUT2D eigenvalue weighted by Gasteiger charge is -1.97. The fraction of sp³-hybridized carbons (Fsp3) is 0.154. The van der Waals surface area contributed by atoms with E-state index in [-0.39, 0.29) is 0 Å². The molecule has 3 aromatic rings. The van der Waals surface area contributed by atoms with Gasteiger partial charge < -0.3 is 4.74 Å². The normalized spacial score (nSPS) is 10.8. The van der Waals surface area contributed by atoms with Crippen molar-refractivity contribution in [2.24, 2.45) is 0 Å². The topological polar surface area (TPSA) is 63.2 Å². The van der Waals surface area contributed by atoms with E-state index in [1.807, 2.05) is 12.1 Å². The van der Waals surface area contributed by atoms with Gasteiger partial charge in [0.2, 0.25) is 4.96 Å². The van der Waals surface area contributed by atoms with Crippen molar-refractivity contribution in [3.05, 3.63) is 40.0 Å². The van der Waals surface area contributed by atoms with Gasteiger partial charge in [-0.05, 0) is 12.1 Å². The van der Waals surface area contributed by atoms with E-state index in [1.165, 1.54) is 11.3 Å². The molecule has 0 aliphatic carbocycles. The third-order valence-electron chi connectivity index (χ3n) is 2.74. The van der Waals surface area contributed by atoms with Gasteiger partial charge in [-0.2, -0.15) is 14.9 Å². The van der Waals surface area contributed by atoms with Gasteiger partial charge in [0, 0.05) is 17.7 Å². The summed E-state index contributed by atoms with van der Waals surface area (Å²) in [5.74, 6) is 0. The number of methoxy groups -OCH3 is 1. The van der Waals surface area contributed by atoms with E-state index in [0.717, 1.165) is 10.6 Å². The zero-order valence-electron chi connectivity index (χ0n) is 10.5. The summed E-state index contributed by atoms with van der Waals surface area (Å²) in [5, 5.41) is 15.1. The summed E-state index contributed by atoms with van der Waals surface area (Å²) in [6.45, 7) is 0.412. The number of hydrogen-bond donors (Lipinski definition) is 0. The largest absolute Gasteiger partial charge is 0.377 e. The third kappa shape index (κ3) is 2.16. The van der Waals surface area contributed by atoms with E-state index in [9.17, 15) is 5.26 Å². The van der Waals surface area contributed by atoms with E-state index >= 15 is 0 Å². The molecule has 0 radical (unpaired) electrons. The highest BCUT2D eigenvalue weighted by Gasteiger charge is 2.17. The number of fused-ring (bicyclic) bond motifs is 1. The van der Waals surface area contributed by atoms with E-state index in [4.69, 9.17) is 16.3 Å². The van der Waals surface area contributed by atoms with Crippen molar-refractivity contribution in [2.45, 2.75) is 6.61 Å². The first-order chi connectivity index (χ1) is 9.72. The van der Waals surface area contributed by atoms with Gasteiger partial charge in [-0.25, -0.2) is 4.98 Å². The van der Waals surface area contributed by atoms with Crippen molar-refractivity contribution < 1.29 is 4.74 Å². The Bertz CT molecular complexity index is 800. The minimum absolute atomic E-state index is 0.412. The van der Waals surface area contributed by atoms with Crippen molar-refractivity contribution >= 4 is 27.9 Å². The van der Waals surface area contributed by atoms with Gasteiger partial charge in [0.1, 0.15) is 16.8 Å². The predicted octanol–water partition coefficient (Wildman–Crippen LogP) is 3.13. The third-order valence-corrected chi connectivity index (χ3v) is 3.87. The van der Waals surface area contributed by atoms with Gasteiger partial charge in [-0.15, -0.1) is 0 Å². The Kier molecular flexibility index (Phi) is 3.40. The number of hydrogen-bond acceptors (Lipinski definition) is 5. The SMILES string of the molecule is COCc1nn2c(C#N)c(-c3ccc(Cl)cc3)nc2s1. The number of benzene rings is 1. The Balaban J connectivity index is 2.14. The average molecular weight is 305 g/mol. The lowest BCUT2D eigenvalue weighted by Crippen LogP contribution is -1.93. The Hall–Kier alpha value is -1.94. The lowest BCUT2D eigenvalue weighted by molar-refractivity contribution is 0.183. The molecule has 0 aliphatic heterocycles. The van der Waals surface area contributed by atoms with Gasteiger partial charge in [-0.3, -0.25) is 0 Å². The van der Waals surface area contributed by atoms with Gasteiger partial charge in [0.15, 0.2) is 5.69 Å². The minimum Gasteiger partial charge on any atom is -0.377 e. The average Bonchev–Trinajstić information content (AvgIpc) is 2.96. The summed E-state index contributed by atoms with van der Waals surface area (Å²) < 4.78 is 6.60. The Morgan fingerprint density at radius 1 is 1.40 bits per heavy atom. The molecule has 3 rings (SSSR count). The molecular formula is C13H9ClN4OS. The maximum Gasteiger partial charge on any atom is 0.214 e. The quantitative estimate of drug-likeness (QED) is 0.746. The summed E-state index contributed by atoms with van der Waals surface area (Å²) >= 11 is 7.28. The second-order valence-electron chi connectivity index (χ2n) is 4.05. The maximum absolute atomic E-state index is 9.36. The van der Waals surface area contributed by atoms with Gasteiger partial charge >= 0.3 is 0 Å². The van der Waals surface area contributed by atoms with Gasteiger partial charge in [-0.1, -0.05) is 35.1 Å². The molecule has 0 saturated heterocycles. The van der Waals surface area contributed by atoms with E-state index in [2.05, 4.69) is 16.2 Å². The van der Waals surface area contributed by atoms with Crippen LogP contribution >= 0.6 is 22.9 Å². The van der Waals surface area contributed by atoms with Crippen LogP contribution in [0.15, 0.2) is 24.3 Å². The van der Waals surface area contributed by atoms with Crippen LogP contribution in [0, 0.1) is 11.3 Å². The first-order valence-electron chi connectivity index (χ1n) is 5.76. The number of ether oxygens (including phenoxy) is 1. The number of imidazole rings is 1. The molecule has 1 aromatic carbocycles. The van der Waals surface area contributed by atoms with Crippen LogP contribution < -0.4 is 0 Å². The number of halogens is 1. The number of rotatable bonds is 3. The van der Waals surface area contributed by atoms with E-state index in [0.29, 0.717) is 28.0 Å². The smallest absolute Gasteiger partial charge is 0.214 e. The van der Waals surface area contributed by atoms with Gasteiger partial charge in [0.25, 0.3) is 0 Å². The van der Waals surface area contributed by atoms with Crippen LogP contribution in [0.5, 0.6) is 0 Å². The minimum atomic E-state index is 0.412. The molecule has 2 aromatic heterocycles. The zero-order chi connectivity index (χ0) is 14.1. The lowest BCUT2D eigenvalue weighted by atomic mass is 10.1. The van der Waals surface area contributed by atoms with Crippen LogP contribution in [0.25, 0.3) is 16.2 Å². The molecule has 2 heterocycles. The highest BCUT2D eigenvalue weighted by Crippen LogP contribution is 2.27. The standard InChI is InChI=1S/C13H9ClN4OS/c1-19-7-11-17-18-10(6-15)12(16-13(18)20-11)8-2-4-9(14)5-3-8/h2-5H,7H2,1H3. The van der Waals surface area contributed by atoms with Crippen molar-refractivity contribution in [2.75, 3.05) is 7.11 Å². The second-order valence-corrected chi connectivity index (χ2v) is 5.53. The zero-order valence-corrected chi connectivity index (χ0v) is 12.1. The molecule has 0 aliphatic rings. The molecule has 5 nitrogen and oxygen atoms in total. The van der Waals surface area contributed by atoms with Crippen molar-refractivity contribution in [3.8, 4) is 17.3 Å². The van der Waals surface area contributed by atoms with Crippen LogP contribution in [0.4, 0.5) is 0 Å². The van der Waals surface area contributed by atoms with Crippen molar-refractivity contribution in [1.29, 1.82) is 5.26 Å². The van der Waals surface area contributed by atoms with Crippen molar-refractivity contribution in [3.63, 3.8) is 0 Å². The first-order valence-corrected chi connectivity index (χ1v) is 6.96. The molecule has 100 valence electrons. The molecule has 7 heteroatoms. The highest BCUT2D eigenvalue weighted by molar-refractivity contribution is 7.16. The molecule has 0 bridgehead atoms. The molecule has 0 amide bonds. The van der Waals surface area contributed by atoms with Crippen LogP contribution in [-0.4, -0.2) is 21.7 Å². The maximum atomic E-state index is 9.36. The highest BCUT2D eigenvalue weighted by atomic mass is 35.5. The second kappa shape index (κ2) is 5.21. The summed E-state index contributed by atoms with van der Waals surface area (Å²) in [6, 6.07) is 9.38. The van der Waals surface area contributed by atoms with Crippen LogP contribution in [0.3, 0.4) is 0 Å². The van der Waals surface area contributed by atoms with Gasteiger partial charge in [0.05, 0.1) is 6.61 Å². The molecule has 0 saturated carbocycles. The predicted molar refractivity (Wildman–Crippen MR) is 76.7 cm³/mol. The fourth-order valence-electron chi connectivity index (χ4n) is 1.88. The summed E-state index contributed by atoms with van der Waals surface area (Å²) in [4.78, 5) is 5.16. The molecule has 0 spiro atoms. The number of aromatic nitrogens is 3.